The second-order valence-corrected chi connectivity index (χ2v) is 11.2. The van der Waals surface area contributed by atoms with E-state index in [1.54, 1.807) is 23.5 Å². The van der Waals surface area contributed by atoms with Crippen molar-refractivity contribution in [2.24, 2.45) is 0 Å². The Hall–Kier alpha value is -2.75. The molecule has 7 nitrogen and oxygen atoms in total. The van der Waals surface area contributed by atoms with Gasteiger partial charge in [0.05, 0.1) is 21.2 Å². The molecule has 1 saturated heterocycles. The molecule has 0 aliphatic carbocycles. The fourth-order valence-corrected chi connectivity index (χ4v) is 5.30. The Kier molecular flexibility index (Phi) is 6.32. The number of thiazole rings is 1. The highest BCUT2D eigenvalue weighted by Gasteiger charge is 2.24. The minimum absolute atomic E-state index is 0.0993. The molecular formula is C23H26N4O3S2. The fraction of sp³-hybridized carbons (Fsp3) is 0.304. The van der Waals surface area contributed by atoms with Crippen LogP contribution in [0.1, 0.15) is 28.2 Å². The lowest BCUT2D eigenvalue weighted by molar-refractivity contribution is 0.102. The molecule has 0 unspecified atom stereocenters. The predicted octanol–water partition coefficient (Wildman–Crippen LogP) is 4.22. The molecule has 2 heterocycles. The fourth-order valence-electron chi connectivity index (χ4n) is 3.75. The summed E-state index contributed by atoms with van der Waals surface area (Å²) in [6.07, 6.45) is 2.10. The average molecular weight is 471 g/mol. The number of carbonyl (C=O) groups is 1. The van der Waals surface area contributed by atoms with Crippen molar-refractivity contribution in [3.05, 3.63) is 58.4 Å². The van der Waals surface area contributed by atoms with E-state index >= 15 is 0 Å². The predicted molar refractivity (Wildman–Crippen MR) is 129 cm³/mol. The number of aromatic nitrogens is 1. The Balaban J connectivity index is 1.69. The molecule has 0 saturated carbocycles. The lowest BCUT2D eigenvalue weighted by Gasteiger charge is -2.22. The molecule has 168 valence electrons. The molecule has 0 radical (unpaired) electrons. The van der Waals surface area contributed by atoms with Crippen molar-refractivity contribution in [2.75, 3.05) is 37.4 Å². The van der Waals surface area contributed by atoms with E-state index in [1.165, 1.54) is 20.2 Å². The number of amides is 1. The number of hydrogen-bond donors (Lipinski definition) is 1. The van der Waals surface area contributed by atoms with E-state index in [2.05, 4.69) is 15.2 Å². The van der Waals surface area contributed by atoms with E-state index in [4.69, 9.17) is 0 Å². The van der Waals surface area contributed by atoms with Crippen molar-refractivity contribution in [3.8, 4) is 11.3 Å². The maximum Gasteiger partial charge on any atom is 0.257 e. The quantitative estimate of drug-likeness (QED) is 0.583. The summed E-state index contributed by atoms with van der Waals surface area (Å²) in [7, 11) is -0.696. The molecule has 1 aliphatic rings. The first-order chi connectivity index (χ1) is 15.3. The first-order valence-corrected chi connectivity index (χ1v) is 12.7. The summed E-state index contributed by atoms with van der Waals surface area (Å²) in [6.45, 7) is 3.64. The minimum atomic E-state index is -3.66. The lowest BCUT2D eigenvalue weighted by atomic mass is 10.1. The van der Waals surface area contributed by atoms with Gasteiger partial charge in [0.25, 0.3) is 5.91 Å². The first-order valence-electron chi connectivity index (χ1n) is 10.4. The van der Waals surface area contributed by atoms with Gasteiger partial charge in [-0.05, 0) is 50.1 Å². The number of carbonyl (C=O) groups excluding carboxylic acids is 1. The average Bonchev–Trinajstić information content (AvgIpc) is 3.45. The number of nitrogens with one attached hydrogen (secondary N) is 1. The maximum absolute atomic E-state index is 13.3. The van der Waals surface area contributed by atoms with E-state index in [0.717, 1.165) is 52.2 Å². The molecule has 3 aromatic rings. The highest BCUT2D eigenvalue weighted by atomic mass is 32.2. The second-order valence-electron chi connectivity index (χ2n) is 7.95. The molecule has 2 aromatic carbocycles. The van der Waals surface area contributed by atoms with Crippen molar-refractivity contribution in [3.63, 3.8) is 0 Å². The second kappa shape index (κ2) is 9.01. The van der Waals surface area contributed by atoms with E-state index < -0.39 is 10.0 Å². The molecule has 1 N–H and O–H groups in total. The zero-order valence-corrected chi connectivity index (χ0v) is 20.0. The van der Waals surface area contributed by atoms with Gasteiger partial charge < -0.3 is 10.2 Å². The van der Waals surface area contributed by atoms with Crippen LogP contribution in [-0.4, -0.2) is 50.8 Å². The molecule has 1 aliphatic heterocycles. The molecule has 4 rings (SSSR count). The summed E-state index contributed by atoms with van der Waals surface area (Å²) in [5, 5.41) is 5.91. The molecule has 0 bridgehead atoms. The number of benzene rings is 2. The standard InChI is InChI=1S/C23H26N4O3S2/c1-16-24-21(15-31-16)17-7-6-8-18(13-17)25-23(28)20-14-19(32(29,30)26(2)3)9-10-22(20)27-11-4-5-12-27/h6-10,13-15H,4-5,11-12H2,1-3H3,(H,25,28). The third-order valence-electron chi connectivity index (χ3n) is 5.47. The van der Waals surface area contributed by atoms with E-state index in [9.17, 15) is 13.2 Å². The van der Waals surface area contributed by atoms with Crippen molar-refractivity contribution in [1.29, 1.82) is 0 Å². The zero-order chi connectivity index (χ0) is 22.9. The van der Waals surface area contributed by atoms with Crippen LogP contribution in [0.15, 0.2) is 52.7 Å². The van der Waals surface area contributed by atoms with Crippen LogP contribution in [-0.2, 0) is 10.0 Å². The third kappa shape index (κ3) is 4.55. The summed E-state index contributed by atoms with van der Waals surface area (Å²) < 4.78 is 26.5. The number of aryl methyl sites for hydroxylation is 1. The van der Waals surface area contributed by atoms with Gasteiger partial charge in [-0.2, -0.15) is 0 Å². The molecule has 32 heavy (non-hydrogen) atoms. The normalized spacial score (nSPS) is 14.2. The summed E-state index contributed by atoms with van der Waals surface area (Å²) in [6, 6.07) is 12.3. The topological polar surface area (TPSA) is 82.6 Å². The molecule has 0 atom stereocenters. The number of rotatable bonds is 6. The molecule has 1 amide bonds. The Morgan fingerprint density at radius 1 is 1.12 bits per heavy atom. The van der Waals surface area contributed by atoms with E-state index in [0.29, 0.717) is 11.3 Å². The monoisotopic (exact) mass is 470 g/mol. The highest BCUT2D eigenvalue weighted by molar-refractivity contribution is 7.89. The number of nitrogens with zero attached hydrogens (tertiary/aromatic N) is 3. The molecular weight excluding hydrogens is 444 g/mol. The van der Waals surface area contributed by atoms with Gasteiger partial charge in [0.2, 0.25) is 10.0 Å². The van der Waals surface area contributed by atoms with Crippen LogP contribution in [0.2, 0.25) is 0 Å². The number of sulfonamides is 1. The van der Waals surface area contributed by atoms with Gasteiger partial charge in [0.15, 0.2) is 0 Å². The van der Waals surface area contributed by atoms with Crippen molar-refractivity contribution >= 4 is 38.6 Å². The Morgan fingerprint density at radius 3 is 2.53 bits per heavy atom. The molecule has 1 fully saturated rings. The number of hydrogen-bond acceptors (Lipinski definition) is 6. The largest absolute Gasteiger partial charge is 0.371 e. The van der Waals surface area contributed by atoms with Gasteiger partial charge in [0.1, 0.15) is 0 Å². The van der Waals surface area contributed by atoms with Crippen LogP contribution in [0.3, 0.4) is 0 Å². The van der Waals surface area contributed by atoms with Gasteiger partial charge >= 0.3 is 0 Å². The Labute approximate surface area is 192 Å². The number of anilines is 2. The smallest absolute Gasteiger partial charge is 0.257 e. The van der Waals surface area contributed by atoms with E-state index in [1.807, 2.05) is 36.6 Å². The van der Waals surface area contributed by atoms with Crippen molar-refractivity contribution in [1.82, 2.24) is 9.29 Å². The van der Waals surface area contributed by atoms with Gasteiger partial charge in [-0.1, -0.05) is 12.1 Å². The SMILES string of the molecule is Cc1nc(-c2cccc(NC(=O)c3cc(S(=O)(=O)N(C)C)ccc3N3CCCC3)c2)cs1. The first kappa shape index (κ1) is 22.4. The third-order valence-corrected chi connectivity index (χ3v) is 8.06. The van der Waals surface area contributed by atoms with Crippen molar-refractivity contribution in [2.45, 2.75) is 24.7 Å². The van der Waals surface area contributed by atoms with E-state index in [-0.39, 0.29) is 10.8 Å². The van der Waals surface area contributed by atoms with Crippen LogP contribution in [0.4, 0.5) is 11.4 Å². The maximum atomic E-state index is 13.3. The Bertz CT molecular complexity index is 1250. The Morgan fingerprint density at radius 2 is 1.88 bits per heavy atom. The summed E-state index contributed by atoms with van der Waals surface area (Å²) in [5.41, 5.74) is 3.51. The van der Waals surface area contributed by atoms with Gasteiger partial charge in [-0.25, -0.2) is 17.7 Å². The van der Waals surface area contributed by atoms with Crippen LogP contribution in [0.25, 0.3) is 11.3 Å². The van der Waals surface area contributed by atoms with Crippen molar-refractivity contribution < 1.29 is 13.2 Å². The minimum Gasteiger partial charge on any atom is -0.371 e. The summed E-state index contributed by atoms with van der Waals surface area (Å²) >= 11 is 1.57. The zero-order valence-electron chi connectivity index (χ0n) is 18.3. The lowest BCUT2D eigenvalue weighted by Crippen LogP contribution is -2.25. The van der Waals surface area contributed by atoms with Gasteiger partial charge in [-0.15, -0.1) is 11.3 Å². The van der Waals surface area contributed by atoms with Gasteiger partial charge in [0, 0.05) is 49.5 Å². The van der Waals surface area contributed by atoms with Gasteiger partial charge in [-0.3, -0.25) is 4.79 Å². The van der Waals surface area contributed by atoms with Crippen LogP contribution in [0, 0.1) is 6.92 Å². The van der Waals surface area contributed by atoms with Crippen LogP contribution in [0.5, 0.6) is 0 Å². The molecule has 0 spiro atoms. The van der Waals surface area contributed by atoms with Crippen LogP contribution < -0.4 is 10.2 Å². The summed E-state index contributed by atoms with van der Waals surface area (Å²) in [4.78, 5) is 20.1. The highest BCUT2D eigenvalue weighted by Crippen LogP contribution is 2.30. The molecule has 1 aromatic heterocycles. The van der Waals surface area contributed by atoms with Crippen LogP contribution >= 0.6 is 11.3 Å². The summed E-state index contributed by atoms with van der Waals surface area (Å²) in [5.74, 6) is -0.339. The molecule has 9 heteroatoms.